The molecule has 1 heterocycles. The first-order valence-electron chi connectivity index (χ1n) is 6.75. The van der Waals surface area contributed by atoms with Crippen LogP contribution in [0.3, 0.4) is 0 Å². The van der Waals surface area contributed by atoms with Crippen LogP contribution in [0, 0.1) is 5.92 Å². The summed E-state index contributed by atoms with van der Waals surface area (Å²) >= 11 is 5.99. The van der Waals surface area contributed by atoms with Crippen LogP contribution in [0.25, 0.3) is 0 Å². The molecule has 0 spiro atoms. The smallest absolute Gasteiger partial charge is 0.213 e. The standard InChI is InChI=1S/C14H21ClN2O/c1-2-10-4-3-5-11(8-10)18-14-7-6-12(15)13(9-16)17-14/h6-7,10-11H,2-5,8-9,16H2,1H3. The van der Waals surface area contributed by atoms with Gasteiger partial charge in [-0.1, -0.05) is 31.4 Å². The molecule has 4 heteroatoms. The lowest BCUT2D eigenvalue weighted by Gasteiger charge is -2.28. The molecular formula is C14H21ClN2O. The van der Waals surface area contributed by atoms with Gasteiger partial charge in [-0.2, -0.15) is 0 Å². The largest absolute Gasteiger partial charge is 0.474 e. The normalized spacial score (nSPS) is 23.9. The van der Waals surface area contributed by atoms with Gasteiger partial charge in [0, 0.05) is 12.6 Å². The quantitative estimate of drug-likeness (QED) is 0.909. The second-order valence-corrected chi connectivity index (χ2v) is 5.37. The first-order chi connectivity index (χ1) is 8.72. The molecule has 0 saturated heterocycles. The molecule has 2 rings (SSSR count). The van der Waals surface area contributed by atoms with Gasteiger partial charge in [-0.05, 0) is 31.2 Å². The molecule has 0 amide bonds. The SMILES string of the molecule is CCC1CCCC(Oc2ccc(Cl)c(CN)n2)C1. The molecule has 1 saturated carbocycles. The maximum absolute atomic E-state index is 5.99. The lowest BCUT2D eigenvalue weighted by Crippen LogP contribution is -2.25. The molecule has 1 aromatic rings. The van der Waals surface area contributed by atoms with Crippen molar-refractivity contribution in [2.45, 2.75) is 51.7 Å². The summed E-state index contributed by atoms with van der Waals surface area (Å²) in [5.41, 5.74) is 6.30. The second-order valence-electron chi connectivity index (χ2n) is 4.96. The van der Waals surface area contributed by atoms with Crippen molar-refractivity contribution >= 4 is 11.6 Å². The minimum atomic E-state index is 0.294. The number of ether oxygens (including phenoxy) is 1. The van der Waals surface area contributed by atoms with Crippen molar-refractivity contribution in [3.63, 3.8) is 0 Å². The summed E-state index contributed by atoms with van der Waals surface area (Å²) in [6.07, 6.45) is 6.38. The van der Waals surface area contributed by atoms with E-state index in [9.17, 15) is 0 Å². The number of nitrogens with two attached hydrogens (primary N) is 1. The number of hydrogen-bond donors (Lipinski definition) is 1. The van der Waals surface area contributed by atoms with Crippen molar-refractivity contribution in [2.75, 3.05) is 0 Å². The third kappa shape index (κ3) is 3.36. The van der Waals surface area contributed by atoms with Crippen LogP contribution < -0.4 is 10.5 Å². The molecule has 0 aromatic carbocycles. The first-order valence-corrected chi connectivity index (χ1v) is 7.12. The predicted molar refractivity (Wildman–Crippen MR) is 73.8 cm³/mol. The highest BCUT2D eigenvalue weighted by atomic mass is 35.5. The number of rotatable bonds is 4. The molecule has 0 bridgehead atoms. The van der Waals surface area contributed by atoms with E-state index in [0.29, 0.717) is 29.2 Å². The average Bonchev–Trinajstić information content (AvgIpc) is 2.41. The number of pyridine rings is 1. The zero-order valence-corrected chi connectivity index (χ0v) is 11.6. The Morgan fingerprint density at radius 3 is 3.00 bits per heavy atom. The lowest BCUT2D eigenvalue weighted by atomic mass is 9.85. The zero-order chi connectivity index (χ0) is 13.0. The molecular weight excluding hydrogens is 248 g/mol. The van der Waals surface area contributed by atoms with Crippen molar-refractivity contribution < 1.29 is 4.74 Å². The molecule has 2 atom stereocenters. The van der Waals surface area contributed by atoms with Gasteiger partial charge in [-0.25, -0.2) is 4.98 Å². The van der Waals surface area contributed by atoms with Gasteiger partial charge in [0.15, 0.2) is 0 Å². The van der Waals surface area contributed by atoms with Gasteiger partial charge >= 0.3 is 0 Å². The Balaban J connectivity index is 2.00. The molecule has 1 fully saturated rings. The number of halogens is 1. The van der Waals surface area contributed by atoms with E-state index in [1.165, 1.54) is 19.3 Å². The minimum Gasteiger partial charge on any atom is -0.474 e. The Bertz CT molecular complexity index is 397. The van der Waals surface area contributed by atoms with Crippen LogP contribution in [0.1, 0.15) is 44.7 Å². The Morgan fingerprint density at radius 1 is 1.44 bits per heavy atom. The van der Waals surface area contributed by atoms with Crippen molar-refractivity contribution in [3.05, 3.63) is 22.8 Å². The van der Waals surface area contributed by atoms with E-state index in [-0.39, 0.29) is 0 Å². The Kier molecular flexibility index (Phi) is 4.84. The molecule has 1 aromatic heterocycles. The average molecular weight is 269 g/mol. The van der Waals surface area contributed by atoms with E-state index < -0.39 is 0 Å². The van der Waals surface area contributed by atoms with Crippen molar-refractivity contribution in [3.8, 4) is 5.88 Å². The van der Waals surface area contributed by atoms with Gasteiger partial charge in [-0.15, -0.1) is 0 Å². The van der Waals surface area contributed by atoms with E-state index in [4.69, 9.17) is 22.1 Å². The van der Waals surface area contributed by atoms with E-state index in [0.717, 1.165) is 18.8 Å². The van der Waals surface area contributed by atoms with Crippen LogP contribution in [-0.2, 0) is 6.54 Å². The van der Waals surface area contributed by atoms with Crippen LogP contribution in [0.2, 0.25) is 5.02 Å². The van der Waals surface area contributed by atoms with Crippen molar-refractivity contribution in [1.29, 1.82) is 0 Å². The molecule has 3 nitrogen and oxygen atoms in total. The maximum atomic E-state index is 5.99. The predicted octanol–water partition coefficient (Wildman–Crippen LogP) is 3.54. The van der Waals surface area contributed by atoms with Gasteiger partial charge in [-0.3, -0.25) is 0 Å². The van der Waals surface area contributed by atoms with Gasteiger partial charge in [0.1, 0.15) is 6.10 Å². The van der Waals surface area contributed by atoms with Gasteiger partial charge in [0.25, 0.3) is 0 Å². The molecule has 0 aliphatic heterocycles. The van der Waals surface area contributed by atoms with Gasteiger partial charge in [0.05, 0.1) is 10.7 Å². The van der Waals surface area contributed by atoms with Crippen molar-refractivity contribution in [2.24, 2.45) is 11.7 Å². The maximum Gasteiger partial charge on any atom is 0.213 e. The fourth-order valence-corrected chi connectivity index (χ4v) is 2.75. The van der Waals surface area contributed by atoms with Crippen LogP contribution in [0.5, 0.6) is 5.88 Å². The summed E-state index contributed by atoms with van der Waals surface area (Å²) in [5, 5.41) is 0.611. The van der Waals surface area contributed by atoms with Crippen LogP contribution in [-0.4, -0.2) is 11.1 Å². The third-order valence-electron chi connectivity index (χ3n) is 3.69. The first kappa shape index (κ1) is 13.6. The number of nitrogens with zero attached hydrogens (tertiary/aromatic N) is 1. The summed E-state index contributed by atoms with van der Waals surface area (Å²) in [4.78, 5) is 4.36. The summed E-state index contributed by atoms with van der Waals surface area (Å²) in [7, 11) is 0. The van der Waals surface area contributed by atoms with Gasteiger partial charge in [0.2, 0.25) is 5.88 Å². The van der Waals surface area contributed by atoms with E-state index in [1.54, 1.807) is 0 Å². The molecule has 1 aliphatic rings. The molecule has 0 radical (unpaired) electrons. The Hall–Kier alpha value is -0.800. The molecule has 100 valence electrons. The summed E-state index contributed by atoms with van der Waals surface area (Å²) in [6.45, 7) is 2.60. The molecule has 18 heavy (non-hydrogen) atoms. The number of aromatic nitrogens is 1. The minimum absolute atomic E-state index is 0.294. The summed E-state index contributed by atoms with van der Waals surface area (Å²) in [5.74, 6) is 1.45. The Morgan fingerprint density at radius 2 is 2.28 bits per heavy atom. The van der Waals surface area contributed by atoms with Crippen LogP contribution in [0.4, 0.5) is 0 Å². The molecule has 1 aliphatic carbocycles. The zero-order valence-electron chi connectivity index (χ0n) is 10.9. The monoisotopic (exact) mass is 268 g/mol. The number of hydrogen-bond acceptors (Lipinski definition) is 3. The van der Waals surface area contributed by atoms with Crippen molar-refractivity contribution in [1.82, 2.24) is 4.98 Å². The van der Waals surface area contributed by atoms with Crippen LogP contribution in [0.15, 0.2) is 12.1 Å². The molecule has 2 unspecified atom stereocenters. The highest BCUT2D eigenvalue weighted by Crippen LogP contribution is 2.29. The third-order valence-corrected chi connectivity index (χ3v) is 4.03. The summed E-state index contributed by atoms with van der Waals surface area (Å²) in [6, 6.07) is 3.64. The fourth-order valence-electron chi connectivity index (χ4n) is 2.56. The Labute approximate surface area is 114 Å². The van der Waals surface area contributed by atoms with E-state index in [1.807, 2.05) is 12.1 Å². The van der Waals surface area contributed by atoms with E-state index in [2.05, 4.69) is 11.9 Å². The highest BCUT2D eigenvalue weighted by molar-refractivity contribution is 6.31. The lowest BCUT2D eigenvalue weighted by molar-refractivity contribution is 0.117. The summed E-state index contributed by atoms with van der Waals surface area (Å²) < 4.78 is 5.96. The second kappa shape index (κ2) is 6.39. The van der Waals surface area contributed by atoms with E-state index >= 15 is 0 Å². The van der Waals surface area contributed by atoms with Gasteiger partial charge < -0.3 is 10.5 Å². The topological polar surface area (TPSA) is 48.1 Å². The fraction of sp³-hybridized carbons (Fsp3) is 0.643. The van der Waals surface area contributed by atoms with Crippen LogP contribution >= 0.6 is 11.6 Å². The molecule has 2 N–H and O–H groups in total. The highest BCUT2D eigenvalue weighted by Gasteiger charge is 2.22.